The lowest BCUT2D eigenvalue weighted by molar-refractivity contribution is -0.132. The van der Waals surface area contributed by atoms with Crippen LogP contribution in [0, 0.1) is 0 Å². The van der Waals surface area contributed by atoms with Crippen LogP contribution < -0.4 is 14.8 Å². The van der Waals surface area contributed by atoms with Crippen LogP contribution in [-0.2, 0) is 16.9 Å². The molecular formula is C21H22F2N2O4. The molecule has 8 heteroatoms. The Labute approximate surface area is 167 Å². The fourth-order valence-electron chi connectivity index (χ4n) is 3.56. The van der Waals surface area contributed by atoms with Gasteiger partial charge in [-0.3, -0.25) is 9.69 Å². The van der Waals surface area contributed by atoms with Gasteiger partial charge < -0.3 is 14.8 Å². The molecule has 0 unspecified atom stereocenters. The first-order valence-corrected chi connectivity index (χ1v) is 9.22. The predicted molar refractivity (Wildman–Crippen MR) is 102 cm³/mol. The van der Waals surface area contributed by atoms with E-state index in [4.69, 9.17) is 4.74 Å². The maximum atomic E-state index is 13.3. The molecule has 1 heterocycles. The Balaban J connectivity index is 1.88. The van der Waals surface area contributed by atoms with Crippen molar-refractivity contribution < 1.29 is 27.8 Å². The molecule has 1 aliphatic heterocycles. The van der Waals surface area contributed by atoms with Gasteiger partial charge in [0.05, 0.1) is 13.7 Å². The van der Waals surface area contributed by atoms with Crippen molar-refractivity contribution in [3.8, 4) is 11.5 Å². The number of ether oxygens (including phenoxy) is 2. The summed E-state index contributed by atoms with van der Waals surface area (Å²) in [5.41, 5.74) is 0.156. The van der Waals surface area contributed by atoms with Crippen LogP contribution in [0.25, 0.3) is 0 Å². The number of amides is 3. The highest BCUT2D eigenvalue weighted by Gasteiger charge is 2.51. The van der Waals surface area contributed by atoms with Gasteiger partial charge in [0.2, 0.25) is 0 Å². The largest absolute Gasteiger partial charge is 0.493 e. The molecule has 0 aliphatic carbocycles. The number of nitrogens with one attached hydrogen (secondary N) is 1. The van der Waals surface area contributed by atoms with Gasteiger partial charge in [0.15, 0.2) is 11.5 Å². The average Bonchev–Trinajstić information content (AvgIpc) is 2.94. The first-order chi connectivity index (χ1) is 13.9. The van der Waals surface area contributed by atoms with Gasteiger partial charge in [-0.25, -0.2) is 4.79 Å². The van der Waals surface area contributed by atoms with E-state index >= 15 is 0 Å². The second kappa shape index (κ2) is 8.46. The highest BCUT2D eigenvalue weighted by atomic mass is 19.3. The molecule has 3 rings (SSSR count). The van der Waals surface area contributed by atoms with E-state index in [9.17, 15) is 18.4 Å². The molecule has 154 valence electrons. The number of alkyl halides is 2. The van der Waals surface area contributed by atoms with Crippen molar-refractivity contribution in [3.05, 3.63) is 59.7 Å². The van der Waals surface area contributed by atoms with E-state index in [1.54, 1.807) is 0 Å². The van der Waals surface area contributed by atoms with Crippen molar-refractivity contribution in [2.45, 2.75) is 38.5 Å². The van der Waals surface area contributed by atoms with Crippen LogP contribution in [0.5, 0.6) is 11.5 Å². The van der Waals surface area contributed by atoms with Gasteiger partial charge in [0.25, 0.3) is 5.91 Å². The van der Waals surface area contributed by atoms with Crippen LogP contribution >= 0.6 is 0 Å². The number of carbonyl (C=O) groups is 2. The Kier molecular flexibility index (Phi) is 6.00. The molecule has 1 fully saturated rings. The lowest BCUT2D eigenvalue weighted by atomic mass is 9.85. The lowest BCUT2D eigenvalue weighted by Gasteiger charge is -2.27. The average molecular weight is 404 g/mol. The van der Waals surface area contributed by atoms with Crippen LogP contribution in [0.2, 0.25) is 0 Å². The number of hydrogen-bond acceptors (Lipinski definition) is 4. The molecule has 2 aromatic carbocycles. The van der Waals surface area contributed by atoms with Crippen molar-refractivity contribution in [3.63, 3.8) is 0 Å². The molecule has 1 saturated heterocycles. The second-order valence-corrected chi connectivity index (χ2v) is 6.71. The fraction of sp³-hybridized carbons (Fsp3) is 0.333. The van der Waals surface area contributed by atoms with Gasteiger partial charge in [-0.1, -0.05) is 49.7 Å². The molecule has 0 aromatic heterocycles. The zero-order valence-electron chi connectivity index (χ0n) is 16.2. The van der Waals surface area contributed by atoms with Gasteiger partial charge in [0, 0.05) is 0 Å². The summed E-state index contributed by atoms with van der Waals surface area (Å²) in [6.07, 6.45) is 1.16. The molecule has 29 heavy (non-hydrogen) atoms. The molecule has 0 saturated carbocycles. The molecule has 0 spiro atoms. The maximum Gasteiger partial charge on any atom is 0.387 e. The molecular weight excluding hydrogens is 382 g/mol. The first kappa shape index (κ1) is 20.6. The van der Waals surface area contributed by atoms with E-state index in [0.717, 1.165) is 10.5 Å². The summed E-state index contributed by atoms with van der Waals surface area (Å²) in [5, 5.41) is 2.85. The molecule has 1 aliphatic rings. The number of carbonyl (C=O) groups excluding carboxylic acids is 2. The summed E-state index contributed by atoms with van der Waals surface area (Å²) < 4.78 is 34.5. The van der Waals surface area contributed by atoms with E-state index in [2.05, 4.69) is 10.1 Å². The number of urea groups is 1. The Morgan fingerprint density at radius 3 is 2.45 bits per heavy atom. The van der Waals surface area contributed by atoms with Crippen LogP contribution in [0.4, 0.5) is 13.6 Å². The summed E-state index contributed by atoms with van der Waals surface area (Å²) in [6.45, 7) is -1.06. The van der Waals surface area contributed by atoms with Crippen molar-refractivity contribution in [2.75, 3.05) is 7.11 Å². The predicted octanol–water partition coefficient (Wildman–Crippen LogP) is 4.04. The van der Waals surface area contributed by atoms with E-state index in [1.165, 1.54) is 25.3 Å². The SMILES string of the molecule is CCC[C@]1(c2ccccc2)NC(=O)N(Cc2ccc(OC(F)F)c(OC)c2)C1=O. The summed E-state index contributed by atoms with van der Waals surface area (Å²) in [7, 11) is 1.33. The van der Waals surface area contributed by atoms with Crippen LogP contribution in [-0.4, -0.2) is 30.6 Å². The van der Waals surface area contributed by atoms with Crippen molar-refractivity contribution >= 4 is 11.9 Å². The third-order valence-electron chi connectivity index (χ3n) is 4.85. The van der Waals surface area contributed by atoms with Gasteiger partial charge >= 0.3 is 12.6 Å². The Morgan fingerprint density at radius 1 is 1.10 bits per heavy atom. The van der Waals surface area contributed by atoms with Crippen molar-refractivity contribution in [1.29, 1.82) is 0 Å². The minimum atomic E-state index is -2.98. The quantitative estimate of drug-likeness (QED) is 0.675. The summed E-state index contributed by atoms with van der Waals surface area (Å²) >= 11 is 0. The minimum absolute atomic E-state index is 0.0196. The van der Waals surface area contributed by atoms with E-state index in [-0.39, 0.29) is 24.0 Å². The summed E-state index contributed by atoms with van der Waals surface area (Å²) in [5.74, 6) is -0.367. The number of hydrogen-bond donors (Lipinski definition) is 1. The molecule has 3 amide bonds. The molecule has 1 N–H and O–H groups in total. The third kappa shape index (κ3) is 4.01. The zero-order chi connectivity index (χ0) is 21.0. The van der Waals surface area contributed by atoms with E-state index in [0.29, 0.717) is 18.4 Å². The molecule has 2 aromatic rings. The number of rotatable bonds is 8. The number of nitrogens with zero attached hydrogens (tertiary/aromatic N) is 1. The molecule has 1 atom stereocenters. The number of imide groups is 1. The van der Waals surface area contributed by atoms with Gasteiger partial charge in [-0.2, -0.15) is 8.78 Å². The Bertz CT molecular complexity index is 892. The van der Waals surface area contributed by atoms with Gasteiger partial charge in [-0.05, 0) is 29.7 Å². The standard InChI is InChI=1S/C21H22F2N2O4/c1-3-11-21(15-7-5-4-6-8-15)18(26)25(20(27)24-21)13-14-9-10-16(29-19(22)23)17(12-14)28-2/h4-10,12,19H,3,11,13H2,1-2H3,(H,24,27)/t21-/m1/s1. The zero-order valence-corrected chi connectivity index (χ0v) is 16.2. The topological polar surface area (TPSA) is 67.9 Å². The first-order valence-electron chi connectivity index (χ1n) is 9.22. The van der Waals surface area contributed by atoms with Crippen LogP contribution in [0.3, 0.4) is 0 Å². The maximum absolute atomic E-state index is 13.3. The number of halogens is 2. The van der Waals surface area contributed by atoms with Gasteiger partial charge in [0.1, 0.15) is 5.54 Å². The third-order valence-corrected chi connectivity index (χ3v) is 4.85. The van der Waals surface area contributed by atoms with E-state index < -0.39 is 18.2 Å². The highest BCUT2D eigenvalue weighted by molar-refractivity contribution is 6.07. The highest BCUT2D eigenvalue weighted by Crippen LogP contribution is 2.35. The molecule has 0 bridgehead atoms. The fourth-order valence-corrected chi connectivity index (χ4v) is 3.56. The van der Waals surface area contributed by atoms with Crippen molar-refractivity contribution in [1.82, 2.24) is 10.2 Å². The van der Waals surface area contributed by atoms with E-state index in [1.807, 2.05) is 37.3 Å². The molecule has 6 nitrogen and oxygen atoms in total. The van der Waals surface area contributed by atoms with Crippen LogP contribution in [0.15, 0.2) is 48.5 Å². The lowest BCUT2D eigenvalue weighted by Crippen LogP contribution is -2.43. The minimum Gasteiger partial charge on any atom is -0.493 e. The van der Waals surface area contributed by atoms with Crippen LogP contribution in [0.1, 0.15) is 30.9 Å². The molecule has 0 radical (unpaired) electrons. The number of benzene rings is 2. The van der Waals surface area contributed by atoms with Crippen molar-refractivity contribution in [2.24, 2.45) is 0 Å². The Hall–Kier alpha value is -3.16. The number of methoxy groups -OCH3 is 1. The second-order valence-electron chi connectivity index (χ2n) is 6.71. The smallest absolute Gasteiger partial charge is 0.387 e. The Morgan fingerprint density at radius 2 is 1.83 bits per heavy atom. The summed E-state index contributed by atoms with van der Waals surface area (Å²) in [6, 6.07) is 12.9. The summed E-state index contributed by atoms with van der Waals surface area (Å²) in [4.78, 5) is 27.1. The van der Waals surface area contributed by atoms with Gasteiger partial charge in [-0.15, -0.1) is 0 Å². The normalized spacial score (nSPS) is 18.9. The monoisotopic (exact) mass is 404 g/mol.